The summed E-state index contributed by atoms with van der Waals surface area (Å²) in [5.74, 6) is 1.59. The van der Waals surface area contributed by atoms with Crippen molar-refractivity contribution < 1.29 is 0 Å². The Morgan fingerprint density at radius 3 is 2.82 bits per heavy atom. The van der Waals surface area contributed by atoms with Gasteiger partial charge < -0.3 is 10.6 Å². The molecule has 22 heavy (non-hydrogen) atoms. The quantitative estimate of drug-likeness (QED) is 0.884. The van der Waals surface area contributed by atoms with Gasteiger partial charge >= 0.3 is 0 Å². The van der Waals surface area contributed by atoms with Crippen molar-refractivity contribution in [1.82, 2.24) is 15.0 Å². The lowest BCUT2D eigenvalue weighted by Crippen LogP contribution is -2.23. The summed E-state index contributed by atoms with van der Waals surface area (Å²) in [6.45, 7) is 2.68. The summed E-state index contributed by atoms with van der Waals surface area (Å²) in [6, 6.07) is 6.54. The third-order valence-corrected chi connectivity index (χ3v) is 3.98. The van der Waals surface area contributed by atoms with Crippen molar-refractivity contribution in [2.45, 2.75) is 51.6 Å². The van der Waals surface area contributed by atoms with Gasteiger partial charge in [-0.25, -0.2) is 4.98 Å². The maximum absolute atomic E-state index is 4.59. The van der Waals surface area contributed by atoms with Crippen molar-refractivity contribution in [2.75, 3.05) is 10.6 Å². The lowest BCUT2D eigenvalue weighted by molar-refractivity contribution is 0.462. The van der Waals surface area contributed by atoms with E-state index in [1.165, 1.54) is 32.1 Å². The Morgan fingerprint density at radius 2 is 2.05 bits per heavy atom. The Kier molecular flexibility index (Phi) is 4.83. The molecule has 0 radical (unpaired) electrons. The molecule has 2 N–H and O–H groups in total. The molecular weight excluding hydrogens is 274 g/mol. The average molecular weight is 297 g/mol. The van der Waals surface area contributed by atoms with Gasteiger partial charge in [0, 0.05) is 36.7 Å². The van der Waals surface area contributed by atoms with Crippen LogP contribution in [0.3, 0.4) is 0 Å². The van der Waals surface area contributed by atoms with Crippen LogP contribution in [0.25, 0.3) is 0 Å². The number of anilines is 2. The summed E-state index contributed by atoms with van der Waals surface area (Å²) in [6.07, 6.45) is 10.1. The van der Waals surface area contributed by atoms with E-state index in [0.717, 1.165) is 17.1 Å². The summed E-state index contributed by atoms with van der Waals surface area (Å²) in [4.78, 5) is 13.2. The number of aromatic nitrogens is 3. The second-order valence-electron chi connectivity index (χ2n) is 5.91. The zero-order chi connectivity index (χ0) is 15.2. The molecular formula is C17H23N5. The summed E-state index contributed by atoms with van der Waals surface area (Å²) >= 11 is 0. The number of nitrogens with zero attached hydrogens (tertiary/aromatic N) is 3. The zero-order valence-electron chi connectivity index (χ0n) is 13.0. The van der Waals surface area contributed by atoms with Crippen LogP contribution in [0.15, 0.2) is 30.6 Å². The normalized spacial score (nSPS) is 15.5. The number of hydrogen-bond acceptors (Lipinski definition) is 5. The molecule has 2 heterocycles. The van der Waals surface area contributed by atoms with Crippen LogP contribution in [0.2, 0.25) is 0 Å². The fourth-order valence-corrected chi connectivity index (χ4v) is 2.86. The predicted octanol–water partition coefficient (Wildman–Crippen LogP) is 3.54. The summed E-state index contributed by atoms with van der Waals surface area (Å²) < 4.78 is 0. The minimum absolute atomic E-state index is 0.550. The molecule has 5 heteroatoms. The van der Waals surface area contributed by atoms with Crippen LogP contribution in [0.1, 0.15) is 43.4 Å². The fraction of sp³-hybridized carbons (Fsp3) is 0.471. The molecule has 0 spiro atoms. The molecule has 0 unspecified atom stereocenters. The van der Waals surface area contributed by atoms with E-state index in [1.54, 1.807) is 6.20 Å². The first-order valence-electron chi connectivity index (χ1n) is 8.04. The monoisotopic (exact) mass is 297 g/mol. The van der Waals surface area contributed by atoms with Gasteiger partial charge in [-0.1, -0.05) is 25.3 Å². The Morgan fingerprint density at radius 1 is 1.18 bits per heavy atom. The number of pyridine rings is 1. The summed E-state index contributed by atoms with van der Waals surface area (Å²) in [5, 5.41) is 6.83. The highest BCUT2D eigenvalue weighted by molar-refractivity contribution is 5.43. The molecule has 0 atom stereocenters. The minimum atomic E-state index is 0.550. The number of rotatable bonds is 5. The first-order valence-corrected chi connectivity index (χ1v) is 8.04. The third kappa shape index (κ3) is 4.16. The molecule has 1 aliphatic rings. The van der Waals surface area contributed by atoms with Crippen molar-refractivity contribution in [3.8, 4) is 0 Å². The zero-order valence-corrected chi connectivity index (χ0v) is 13.0. The van der Waals surface area contributed by atoms with Gasteiger partial charge in [0.1, 0.15) is 5.82 Å². The molecule has 0 saturated heterocycles. The van der Waals surface area contributed by atoms with Gasteiger partial charge in [0.2, 0.25) is 5.95 Å². The third-order valence-electron chi connectivity index (χ3n) is 3.98. The van der Waals surface area contributed by atoms with Gasteiger partial charge in [-0.05, 0) is 31.4 Å². The molecule has 2 aromatic heterocycles. The lowest BCUT2D eigenvalue weighted by atomic mass is 9.95. The Hall–Kier alpha value is -2.17. The molecule has 0 aliphatic heterocycles. The van der Waals surface area contributed by atoms with Crippen LogP contribution >= 0.6 is 0 Å². The molecule has 116 valence electrons. The maximum atomic E-state index is 4.59. The molecule has 1 saturated carbocycles. The Bertz CT molecular complexity index is 593. The van der Waals surface area contributed by atoms with Crippen molar-refractivity contribution in [2.24, 2.45) is 0 Å². The van der Waals surface area contributed by atoms with E-state index >= 15 is 0 Å². The smallest absolute Gasteiger partial charge is 0.225 e. The molecule has 0 bridgehead atoms. The SMILES string of the molecule is Cc1cc(NC2CCCCC2)nc(NCc2cccnc2)n1. The van der Waals surface area contributed by atoms with Crippen molar-refractivity contribution in [1.29, 1.82) is 0 Å². The molecule has 1 aliphatic carbocycles. The lowest BCUT2D eigenvalue weighted by Gasteiger charge is -2.23. The van der Waals surface area contributed by atoms with E-state index in [9.17, 15) is 0 Å². The second-order valence-corrected chi connectivity index (χ2v) is 5.91. The molecule has 2 aromatic rings. The van der Waals surface area contributed by atoms with Crippen LogP contribution < -0.4 is 10.6 Å². The van der Waals surface area contributed by atoms with Crippen molar-refractivity contribution in [3.63, 3.8) is 0 Å². The highest BCUT2D eigenvalue weighted by Crippen LogP contribution is 2.21. The molecule has 3 rings (SSSR count). The van der Waals surface area contributed by atoms with Crippen LogP contribution in [0.5, 0.6) is 0 Å². The van der Waals surface area contributed by atoms with Crippen LogP contribution in [-0.2, 0) is 6.54 Å². The molecule has 1 fully saturated rings. The van der Waals surface area contributed by atoms with E-state index < -0.39 is 0 Å². The molecule has 0 amide bonds. The van der Waals surface area contributed by atoms with E-state index in [2.05, 4.69) is 25.6 Å². The van der Waals surface area contributed by atoms with Crippen LogP contribution in [0, 0.1) is 6.92 Å². The molecule has 5 nitrogen and oxygen atoms in total. The van der Waals surface area contributed by atoms with Crippen LogP contribution in [0.4, 0.5) is 11.8 Å². The highest BCUT2D eigenvalue weighted by Gasteiger charge is 2.14. The summed E-state index contributed by atoms with van der Waals surface area (Å²) in [5.41, 5.74) is 2.09. The Labute approximate surface area is 131 Å². The van der Waals surface area contributed by atoms with E-state index in [1.807, 2.05) is 31.3 Å². The number of aryl methyl sites for hydroxylation is 1. The van der Waals surface area contributed by atoms with E-state index in [-0.39, 0.29) is 0 Å². The van der Waals surface area contributed by atoms with Gasteiger partial charge in [-0.3, -0.25) is 4.98 Å². The number of nitrogens with one attached hydrogen (secondary N) is 2. The highest BCUT2D eigenvalue weighted by atomic mass is 15.1. The van der Waals surface area contributed by atoms with Gasteiger partial charge in [0.25, 0.3) is 0 Å². The summed E-state index contributed by atoms with van der Waals surface area (Å²) in [7, 11) is 0. The topological polar surface area (TPSA) is 62.7 Å². The first kappa shape index (κ1) is 14.8. The first-order chi connectivity index (χ1) is 10.8. The minimum Gasteiger partial charge on any atom is -0.367 e. The largest absolute Gasteiger partial charge is 0.367 e. The number of hydrogen-bond donors (Lipinski definition) is 2. The van der Waals surface area contributed by atoms with Gasteiger partial charge in [0.05, 0.1) is 0 Å². The van der Waals surface area contributed by atoms with Crippen molar-refractivity contribution >= 4 is 11.8 Å². The van der Waals surface area contributed by atoms with Crippen LogP contribution in [-0.4, -0.2) is 21.0 Å². The van der Waals surface area contributed by atoms with E-state index in [0.29, 0.717) is 18.5 Å². The molecule has 0 aromatic carbocycles. The van der Waals surface area contributed by atoms with Gasteiger partial charge in [0.15, 0.2) is 0 Å². The van der Waals surface area contributed by atoms with Gasteiger partial charge in [-0.2, -0.15) is 4.98 Å². The second kappa shape index (κ2) is 7.20. The van der Waals surface area contributed by atoms with Gasteiger partial charge in [-0.15, -0.1) is 0 Å². The maximum Gasteiger partial charge on any atom is 0.225 e. The predicted molar refractivity (Wildman–Crippen MR) is 88.8 cm³/mol. The average Bonchev–Trinajstić information content (AvgIpc) is 2.54. The van der Waals surface area contributed by atoms with E-state index in [4.69, 9.17) is 0 Å². The van der Waals surface area contributed by atoms with Crippen molar-refractivity contribution in [3.05, 3.63) is 41.9 Å². The standard InChI is InChI=1S/C17H23N5/c1-13-10-16(21-15-7-3-2-4-8-15)22-17(20-13)19-12-14-6-5-9-18-11-14/h5-6,9-11,15H,2-4,7-8,12H2,1H3,(H2,19,20,21,22). The Balaban J connectivity index is 1.64. The fourth-order valence-electron chi connectivity index (χ4n) is 2.86.